The highest BCUT2D eigenvalue weighted by Crippen LogP contribution is 2.47. The first-order valence-electron chi connectivity index (χ1n) is 9.78. The number of piperidine rings is 3. The minimum Gasteiger partial charge on any atom is -0.333 e. The zero-order valence-electron chi connectivity index (χ0n) is 15.3. The van der Waals surface area contributed by atoms with Crippen LogP contribution in [0.5, 0.6) is 0 Å². The van der Waals surface area contributed by atoms with Crippen molar-refractivity contribution in [2.24, 2.45) is 5.92 Å². The minimum atomic E-state index is -0.610. The molecule has 0 spiro atoms. The van der Waals surface area contributed by atoms with Crippen LogP contribution < -0.4 is 0 Å². The van der Waals surface area contributed by atoms with Gasteiger partial charge in [0.25, 0.3) is 5.91 Å². The van der Waals surface area contributed by atoms with Gasteiger partial charge in [0.1, 0.15) is 17.5 Å². The van der Waals surface area contributed by atoms with Crippen LogP contribution in [-0.4, -0.2) is 47.4 Å². The second-order valence-corrected chi connectivity index (χ2v) is 8.10. The molecule has 2 aromatic carbocycles. The zero-order chi connectivity index (χ0) is 19.4. The number of carbonyl (C=O) groups is 1. The van der Waals surface area contributed by atoms with Gasteiger partial charge in [0.15, 0.2) is 0 Å². The van der Waals surface area contributed by atoms with Crippen LogP contribution in [0.3, 0.4) is 0 Å². The Balaban J connectivity index is 1.56. The first-order valence-corrected chi connectivity index (χ1v) is 9.78. The van der Waals surface area contributed by atoms with Gasteiger partial charge in [-0.15, -0.1) is 0 Å². The lowest BCUT2D eigenvalue weighted by Crippen LogP contribution is -2.60. The second-order valence-electron chi connectivity index (χ2n) is 8.10. The lowest BCUT2D eigenvalue weighted by molar-refractivity contribution is -0.00356. The van der Waals surface area contributed by atoms with Crippen molar-refractivity contribution in [2.75, 3.05) is 19.6 Å². The summed E-state index contributed by atoms with van der Waals surface area (Å²) in [6.45, 7) is 2.21. The lowest BCUT2D eigenvalue weighted by atomic mass is 9.75. The van der Waals surface area contributed by atoms with Crippen LogP contribution in [0.2, 0.25) is 0 Å². The van der Waals surface area contributed by atoms with Gasteiger partial charge < -0.3 is 4.90 Å². The Morgan fingerprint density at radius 2 is 1.61 bits per heavy atom. The van der Waals surface area contributed by atoms with Crippen LogP contribution in [0.1, 0.15) is 34.7 Å². The van der Waals surface area contributed by atoms with Crippen molar-refractivity contribution in [3.63, 3.8) is 0 Å². The normalized spacial score (nSPS) is 31.1. The molecule has 4 fully saturated rings. The summed E-state index contributed by atoms with van der Waals surface area (Å²) in [5, 5.41) is 0. The molecule has 146 valence electrons. The number of hydrogen-bond acceptors (Lipinski definition) is 2. The van der Waals surface area contributed by atoms with Crippen LogP contribution in [0, 0.1) is 23.4 Å². The van der Waals surface area contributed by atoms with Gasteiger partial charge >= 0.3 is 0 Å². The molecule has 0 radical (unpaired) electrons. The molecule has 0 unspecified atom stereocenters. The molecule has 3 atom stereocenters. The summed E-state index contributed by atoms with van der Waals surface area (Å²) in [6.07, 6.45) is 1.99. The Morgan fingerprint density at radius 3 is 2.29 bits per heavy atom. The van der Waals surface area contributed by atoms with Crippen LogP contribution in [0.25, 0.3) is 0 Å². The summed E-state index contributed by atoms with van der Waals surface area (Å²) in [5.41, 5.74) is 0.632. The van der Waals surface area contributed by atoms with Crippen molar-refractivity contribution in [2.45, 2.75) is 30.8 Å². The molecule has 2 aromatic rings. The molecule has 28 heavy (non-hydrogen) atoms. The standard InChI is InChI=1S/C22H21F3N2O/c23-15-9-14(10-16(24)11-15)18-12-27(22(28)17-3-1-2-4-19(17)25)20-13-5-7-26(8-6-13)21(18)20/h1-4,9-11,13,18,20-21H,5-8,12H2/t18-,20+,21+/m1/s1. The molecule has 4 aliphatic rings. The maximum absolute atomic E-state index is 14.3. The van der Waals surface area contributed by atoms with E-state index in [9.17, 15) is 18.0 Å². The Morgan fingerprint density at radius 1 is 0.929 bits per heavy atom. The fourth-order valence-corrected chi connectivity index (χ4v) is 5.53. The first-order chi connectivity index (χ1) is 13.5. The largest absolute Gasteiger partial charge is 0.333 e. The van der Waals surface area contributed by atoms with Gasteiger partial charge in [-0.2, -0.15) is 0 Å². The number of fused-ring (bicyclic) bond motifs is 2. The van der Waals surface area contributed by atoms with Crippen molar-refractivity contribution in [3.05, 3.63) is 71.0 Å². The smallest absolute Gasteiger partial charge is 0.257 e. The fourth-order valence-electron chi connectivity index (χ4n) is 5.53. The molecule has 0 aliphatic carbocycles. The Hall–Kier alpha value is -2.34. The number of likely N-dealkylation sites (tertiary alicyclic amines) is 1. The Labute approximate surface area is 161 Å². The van der Waals surface area contributed by atoms with E-state index in [1.165, 1.54) is 24.3 Å². The number of amides is 1. The molecular weight excluding hydrogens is 365 g/mol. The van der Waals surface area contributed by atoms with Crippen LogP contribution >= 0.6 is 0 Å². The van der Waals surface area contributed by atoms with E-state index < -0.39 is 17.5 Å². The summed E-state index contributed by atoms with van der Waals surface area (Å²) in [4.78, 5) is 17.3. The lowest BCUT2D eigenvalue weighted by Gasteiger charge is -2.51. The van der Waals surface area contributed by atoms with E-state index >= 15 is 0 Å². The quantitative estimate of drug-likeness (QED) is 0.784. The highest BCUT2D eigenvalue weighted by Gasteiger charge is 2.54. The third kappa shape index (κ3) is 2.73. The van der Waals surface area contributed by atoms with E-state index in [0.29, 0.717) is 18.0 Å². The van der Waals surface area contributed by atoms with E-state index in [0.717, 1.165) is 32.0 Å². The van der Waals surface area contributed by atoms with E-state index in [1.54, 1.807) is 17.0 Å². The van der Waals surface area contributed by atoms with Crippen molar-refractivity contribution < 1.29 is 18.0 Å². The molecular formula is C22H21F3N2O. The Kier molecular flexibility index (Phi) is 4.19. The van der Waals surface area contributed by atoms with Gasteiger partial charge in [0.2, 0.25) is 0 Å². The third-order valence-corrected chi connectivity index (χ3v) is 6.67. The number of nitrogens with zero attached hydrogens (tertiary/aromatic N) is 2. The predicted octanol–water partition coefficient (Wildman–Crippen LogP) is 3.81. The molecule has 6 rings (SSSR count). The summed E-state index contributed by atoms with van der Waals surface area (Å²) in [7, 11) is 0. The molecule has 0 N–H and O–H groups in total. The number of halogens is 3. The third-order valence-electron chi connectivity index (χ3n) is 6.67. The molecule has 2 bridgehead atoms. The van der Waals surface area contributed by atoms with Crippen molar-refractivity contribution in [3.8, 4) is 0 Å². The second kappa shape index (κ2) is 6.62. The molecule has 4 aliphatic heterocycles. The highest BCUT2D eigenvalue weighted by molar-refractivity contribution is 5.95. The predicted molar refractivity (Wildman–Crippen MR) is 98.4 cm³/mol. The maximum atomic E-state index is 14.3. The summed E-state index contributed by atoms with van der Waals surface area (Å²) in [6, 6.07) is 9.57. The number of rotatable bonds is 2. The van der Waals surface area contributed by atoms with Gasteiger partial charge in [-0.3, -0.25) is 9.69 Å². The first kappa shape index (κ1) is 17.7. The van der Waals surface area contributed by atoms with Crippen molar-refractivity contribution in [1.29, 1.82) is 0 Å². The van der Waals surface area contributed by atoms with E-state index in [1.807, 2.05) is 0 Å². The van der Waals surface area contributed by atoms with Gasteiger partial charge in [0, 0.05) is 24.6 Å². The molecule has 0 saturated carbocycles. The molecule has 1 amide bonds. The monoisotopic (exact) mass is 386 g/mol. The van der Waals surface area contributed by atoms with E-state index in [2.05, 4.69) is 4.90 Å². The van der Waals surface area contributed by atoms with Gasteiger partial charge in [-0.25, -0.2) is 13.2 Å². The van der Waals surface area contributed by atoms with Crippen molar-refractivity contribution in [1.82, 2.24) is 9.80 Å². The van der Waals surface area contributed by atoms with Crippen molar-refractivity contribution >= 4 is 5.91 Å². The number of carbonyl (C=O) groups excluding carboxylic acids is 1. The summed E-state index contributed by atoms with van der Waals surface area (Å²) in [5.74, 6) is -1.93. The minimum absolute atomic E-state index is 0.0180. The zero-order valence-corrected chi connectivity index (χ0v) is 15.3. The van der Waals surface area contributed by atoms with E-state index in [4.69, 9.17) is 0 Å². The van der Waals surface area contributed by atoms with Gasteiger partial charge in [-0.1, -0.05) is 12.1 Å². The number of benzene rings is 2. The maximum Gasteiger partial charge on any atom is 0.257 e. The van der Waals surface area contributed by atoms with Gasteiger partial charge in [-0.05, 0) is 61.7 Å². The van der Waals surface area contributed by atoms with E-state index in [-0.39, 0.29) is 29.5 Å². The van der Waals surface area contributed by atoms with Crippen LogP contribution in [0.4, 0.5) is 13.2 Å². The topological polar surface area (TPSA) is 23.6 Å². The average Bonchev–Trinajstić information content (AvgIpc) is 3.11. The molecule has 4 saturated heterocycles. The molecule has 0 aromatic heterocycles. The van der Waals surface area contributed by atoms with Gasteiger partial charge in [0.05, 0.1) is 11.6 Å². The Bertz CT molecular complexity index is 905. The number of hydrogen-bond donors (Lipinski definition) is 0. The van der Waals surface area contributed by atoms with Crippen LogP contribution in [0.15, 0.2) is 42.5 Å². The summed E-state index contributed by atoms with van der Waals surface area (Å²) >= 11 is 0. The molecule has 3 nitrogen and oxygen atoms in total. The fraction of sp³-hybridized carbons (Fsp3) is 0.409. The average molecular weight is 386 g/mol. The van der Waals surface area contributed by atoms with Crippen LogP contribution in [-0.2, 0) is 0 Å². The SMILES string of the molecule is O=C(c1ccccc1F)N1C[C@H](c2cc(F)cc(F)c2)[C@H]2[C@@H]1C1CCN2CC1. The molecule has 4 heterocycles. The molecule has 6 heteroatoms. The summed E-state index contributed by atoms with van der Waals surface area (Å²) < 4.78 is 42.0. The highest BCUT2D eigenvalue weighted by atomic mass is 19.1.